The molecule has 0 radical (unpaired) electrons. The molecule has 2 aliphatic heterocycles. The van der Waals surface area contributed by atoms with Crippen molar-refractivity contribution in [1.29, 1.82) is 0 Å². The number of carbonyl (C=O) groups excluding carboxylic acids is 1. The molecule has 1 unspecified atom stereocenters. The summed E-state index contributed by atoms with van der Waals surface area (Å²) in [4.78, 5) is 17.0. The third-order valence-electron chi connectivity index (χ3n) is 4.19. The van der Waals surface area contributed by atoms with Gasteiger partial charge in [-0.25, -0.2) is 0 Å². The molecule has 0 N–H and O–H groups in total. The smallest absolute Gasteiger partial charge is 0.255 e. The summed E-state index contributed by atoms with van der Waals surface area (Å²) in [6.45, 7) is 0.746. The average Bonchev–Trinajstić information content (AvgIpc) is 3.09. The van der Waals surface area contributed by atoms with Crippen molar-refractivity contribution in [2.45, 2.75) is 4.87 Å². The van der Waals surface area contributed by atoms with Gasteiger partial charge in [0.15, 0.2) is 0 Å². The van der Waals surface area contributed by atoms with E-state index >= 15 is 0 Å². The van der Waals surface area contributed by atoms with Crippen LogP contribution in [0.5, 0.6) is 0 Å². The zero-order valence-electron chi connectivity index (χ0n) is 11.6. The van der Waals surface area contributed by atoms with Gasteiger partial charge in [-0.15, -0.1) is 11.8 Å². The summed E-state index contributed by atoms with van der Waals surface area (Å²) in [5, 5.41) is 3.61. The molecule has 0 bridgehead atoms. The molecule has 2 heterocycles. The van der Waals surface area contributed by atoms with Crippen molar-refractivity contribution in [2.24, 2.45) is 5.11 Å². The Labute approximate surface area is 131 Å². The number of nitrogens with zero attached hydrogens (tertiary/aromatic N) is 4. The van der Waals surface area contributed by atoms with Crippen LogP contribution in [-0.4, -0.2) is 23.1 Å². The molecule has 108 valence electrons. The number of carbonyl (C=O) groups is 1. The van der Waals surface area contributed by atoms with Gasteiger partial charge in [0.05, 0.1) is 0 Å². The van der Waals surface area contributed by atoms with E-state index in [0.29, 0.717) is 5.69 Å². The molecule has 1 atom stereocenters. The van der Waals surface area contributed by atoms with Gasteiger partial charge in [-0.3, -0.25) is 4.79 Å². The van der Waals surface area contributed by atoms with Crippen LogP contribution in [0.3, 0.4) is 0 Å². The highest BCUT2D eigenvalue weighted by Gasteiger charge is 2.54. The van der Waals surface area contributed by atoms with E-state index in [9.17, 15) is 4.79 Å². The van der Waals surface area contributed by atoms with E-state index in [1.165, 1.54) is 0 Å². The van der Waals surface area contributed by atoms with Gasteiger partial charge >= 0.3 is 0 Å². The molecule has 1 saturated heterocycles. The van der Waals surface area contributed by atoms with Gasteiger partial charge < -0.3 is 4.90 Å². The van der Waals surface area contributed by atoms with Gasteiger partial charge in [0.1, 0.15) is 4.87 Å². The van der Waals surface area contributed by atoms with Crippen LogP contribution in [0.4, 0.5) is 5.69 Å². The summed E-state index contributed by atoms with van der Waals surface area (Å²) in [7, 11) is 0. The standard InChI is InChI=1S/C16H12N4OS/c17-19-18-12-7-5-11(6-8-12)16-14-4-2-1-3-13(14)15(21)20(16)9-10-22-16/h1-8H,9-10H2. The van der Waals surface area contributed by atoms with E-state index in [1.54, 1.807) is 23.9 Å². The Morgan fingerprint density at radius 2 is 1.95 bits per heavy atom. The predicted molar refractivity (Wildman–Crippen MR) is 86.0 cm³/mol. The Morgan fingerprint density at radius 1 is 1.18 bits per heavy atom. The Balaban J connectivity index is 1.91. The minimum atomic E-state index is -0.442. The van der Waals surface area contributed by atoms with Gasteiger partial charge in [-0.05, 0) is 17.2 Å². The van der Waals surface area contributed by atoms with Crippen molar-refractivity contribution >= 4 is 23.4 Å². The number of azide groups is 1. The van der Waals surface area contributed by atoms with Crippen molar-refractivity contribution in [2.75, 3.05) is 12.3 Å². The maximum atomic E-state index is 12.7. The van der Waals surface area contributed by atoms with Crippen molar-refractivity contribution in [1.82, 2.24) is 4.90 Å². The average molecular weight is 308 g/mol. The first kappa shape index (κ1) is 13.2. The van der Waals surface area contributed by atoms with E-state index in [-0.39, 0.29) is 5.91 Å². The van der Waals surface area contributed by atoms with Crippen LogP contribution in [-0.2, 0) is 4.87 Å². The van der Waals surface area contributed by atoms with Crippen LogP contribution in [0, 0.1) is 0 Å². The zero-order chi connectivity index (χ0) is 15.2. The molecule has 1 amide bonds. The summed E-state index contributed by atoms with van der Waals surface area (Å²) < 4.78 is 0. The van der Waals surface area contributed by atoms with E-state index in [2.05, 4.69) is 10.0 Å². The largest absolute Gasteiger partial charge is 0.315 e. The first-order valence-electron chi connectivity index (χ1n) is 6.98. The van der Waals surface area contributed by atoms with Crippen LogP contribution in [0.2, 0.25) is 0 Å². The second-order valence-electron chi connectivity index (χ2n) is 5.23. The van der Waals surface area contributed by atoms with Crippen LogP contribution in [0.25, 0.3) is 10.4 Å². The van der Waals surface area contributed by atoms with Crippen molar-refractivity contribution in [3.63, 3.8) is 0 Å². The lowest BCUT2D eigenvalue weighted by Crippen LogP contribution is -2.37. The third kappa shape index (κ3) is 1.62. The molecule has 2 aliphatic rings. The molecule has 6 heteroatoms. The predicted octanol–water partition coefficient (Wildman–Crippen LogP) is 4.03. The van der Waals surface area contributed by atoms with Crippen molar-refractivity contribution in [3.05, 3.63) is 75.7 Å². The van der Waals surface area contributed by atoms with Gasteiger partial charge in [0.2, 0.25) is 0 Å². The van der Waals surface area contributed by atoms with Crippen LogP contribution in [0.15, 0.2) is 53.6 Å². The molecule has 0 aliphatic carbocycles. The van der Waals surface area contributed by atoms with Crippen molar-refractivity contribution in [3.8, 4) is 0 Å². The molecule has 0 spiro atoms. The second-order valence-corrected chi connectivity index (χ2v) is 6.52. The summed E-state index contributed by atoms with van der Waals surface area (Å²) in [6, 6.07) is 15.3. The highest BCUT2D eigenvalue weighted by molar-refractivity contribution is 8.00. The Kier molecular flexibility index (Phi) is 2.89. The summed E-state index contributed by atoms with van der Waals surface area (Å²) in [6.07, 6.45) is 0. The fourth-order valence-corrected chi connectivity index (χ4v) is 4.83. The first-order valence-corrected chi connectivity index (χ1v) is 7.97. The van der Waals surface area contributed by atoms with Crippen LogP contribution < -0.4 is 0 Å². The molecule has 2 aromatic rings. The SMILES string of the molecule is [N-]=[N+]=Nc1ccc(C23SCCN2C(=O)c2ccccc23)cc1. The first-order chi connectivity index (χ1) is 10.8. The molecule has 2 aromatic carbocycles. The van der Waals surface area contributed by atoms with Gasteiger partial charge in [0, 0.05) is 34.0 Å². The summed E-state index contributed by atoms with van der Waals surface area (Å²) in [5.41, 5.74) is 12.0. The quantitative estimate of drug-likeness (QED) is 0.477. The van der Waals surface area contributed by atoms with Gasteiger partial charge in [0.25, 0.3) is 5.91 Å². The molecule has 22 heavy (non-hydrogen) atoms. The fraction of sp³-hybridized carbons (Fsp3) is 0.188. The minimum Gasteiger partial charge on any atom is -0.315 e. The van der Waals surface area contributed by atoms with E-state index < -0.39 is 4.87 Å². The number of hydrogen-bond donors (Lipinski definition) is 0. The zero-order valence-corrected chi connectivity index (χ0v) is 12.5. The third-order valence-corrected chi connectivity index (χ3v) is 5.67. The molecule has 0 aromatic heterocycles. The molecule has 4 rings (SSSR count). The van der Waals surface area contributed by atoms with Crippen LogP contribution in [0.1, 0.15) is 21.5 Å². The van der Waals surface area contributed by atoms with Gasteiger partial charge in [-0.2, -0.15) is 0 Å². The molecule has 5 nitrogen and oxygen atoms in total. The summed E-state index contributed by atoms with van der Waals surface area (Å²) in [5.74, 6) is 1.01. The topological polar surface area (TPSA) is 69.1 Å². The molecule has 1 fully saturated rings. The number of thioether (sulfide) groups is 1. The fourth-order valence-electron chi connectivity index (χ4n) is 3.30. The maximum absolute atomic E-state index is 12.7. The maximum Gasteiger partial charge on any atom is 0.255 e. The lowest BCUT2D eigenvalue weighted by atomic mass is 9.97. The number of amides is 1. The Hall–Kier alpha value is -2.43. The molecular weight excluding hydrogens is 296 g/mol. The van der Waals surface area contributed by atoms with Crippen molar-refractivity contribution < 1.29 is 4.79 Å². The normalized spacial score (nSPS) is 22.2. The van der Waals surface area contributed by atoms with Gasteiger partial charge in [-0.1, -0.05) is 47.6 Å². The van der Waals surface area contributed by atoms with Crippen LogP contribution >= 0.6 is 11.8 Å². The second kappa shape index (κ2) is 4.80. The Morgan fingerprint density at radius 3 is 2.73 bits per heavy atom. The highest BCUT2D eigenvalue weighted by atomic mass is 32.2. The monoisotopic (exact) mass is 308 g/mol. The lowest BCUT2D eigenvalue weighted by Gasteiger charge is -2.32. The van der Waals surface area contributed by atoms with E-state index in [0.717, 1.165) is 29.0 Å². The Bertz CT molecular complexity index is 813. The molecular formula is C16H12N4OS. The van der Waals surface area contributed by atoms with E-state index in [1.807, 2.05) is 41.3 Å². The number of fused-ring (bicyclic) bond motifs is 3. The lowest BCUT2D eigenvalue weighted by molar-refractivity contribution is 0.0752. The number of benzene rings is 2. The highest BCUT2D eigenvalue weighted by Crippen LogP contribution is 2.55. The minimum absolute atomic E-state index is 0.0970. The molecule has 0 saturated carbocycles. The number of hydrogen-bond acceptors (Lipinski definition) is 3. The summed E-state index contributed by atoms with van der Waals surface area (Å²) >= 11 is 1.78. The van der Waals surface area contributed by atoms with E-state index in [4.69, 9.17) is 5.53 Å². The number of rotatable bonds is 2.